The molecule has 1 aliphatic heterocycles. The minimum Gasteiger partial charge on any atom is -0.372 e. The quantitative estimate of drug-likeness (QED) is 0.600. The van der Waals surface area contributed by atoms with E-state index in [0.29, 0.717) is 37.3 Å². The highest BCUT2D eigenvalue weighted by Gasteiger charge is 2.39. The molecule has 28 heavy (non-hydrogen) atoms. The molecule has 0 radical (unpaired) electrons. The zero-order chi connectivity index (χ0) is 20.3. The van der Waals surface area contributed by atoms with Gasteiger partial charge < -0.3 is 14.8 Å². The van der Waals surface area contributed by atoms with Crippen LogP contribution >= 0.6 is 0 Å². The Kier molecular flexibility index (Phi) is 5.90. The van der Waals surface area contributed by atoms with Crippen molar-refractivity contribution in [3.8, 4) is 0 Å². The van der Waals surface area contributed by atoms with Crippen molar-refractivity contribution in [3.63, 3.8) is 0 Å². The lowest BCUT2D eigenvalue weighted by molar-refractivity contribution is -0.147. The second-order valence-corrected chi connectivity index (χ2v) is 6.93. The van der Waals surface area contributed by atoms with Crippen LogP contribution in [0.1, 0.15) is 24.4 Å². The summed E-state index contributed by atoms with van der Waals surface area (Å²) in [6, 6.07) is 6.47. The number of carbonyl (C=O) groups excluding carboxylic acids is 1. The molecule has 0 unspecified atom stereocenters. The molecular weight excluding hydrogens is 376 g/mol. The summed E-state index contributed by atoms with van der Waals surface area (Å²) in [6.45, 7) is 1.10. The summed E-state index contributed by atoms with van der Waals surface area (Å²) in [5, 5.41) is 2.83. The number of alkyl halides is 3. The van der Waals surface area contributed by atoms with Crippen molar-refractivity contribution in [2.75, 3.05) is 25.0 Å². The van der Waals surface area contributed by atoms with Crippen molar-refractivity contribution in [2.24, 2.45) is 5.92 Å². The number of carbonyl (C=O) groups is 1. The van der Waals surface area contributed by atoms with Gasteiger partial charge in [0.1, 0.15) is 5.82 Å². The van der Waals surface area contributed by atoms with Gasteiger partial charge in [-0.1, -0.05) is 12.1 Å². The maximum Gasteiger partial charge on any atom is 0.449 e. The number of nitrogens with one attached hydrogen (secondary N) is 1. The summed E-state index contributed by atoms with van der Waals surface area (Å²) in [7, 11) is 1.78. The number of imidazole rings is 1. The van der Waals surface area contributed by atoms with Crippen LogP contribution in [0.25, 0.3) is 0 Å². The predicted molar refractivity (Wildman–Crippen MR) is 96.3 cm³/mol. The number of para-hydroxylation sites is 1. The topological polar surface area (TPSA) is 50.2 Å². The number of anilines is 1. The molecule has 0 fully saturated rings. The molecule has 3 rings (SSSR count). The van der Waals surface area contributed by atoms with Crippen molar-refractivity contribution in [3.05, 3.63) is 47.8 Å². The minimum atomic E-state index is -4.49. The number of nitrogens with zero attached hydrogens (tertiary/aromatic N) is 3. The average Bonchev–Trinajstić information content (AvgIpc) is 3.08. The zero-order valence-corrected chi connectivity index (χ0v) is 15.5. The van der Waals surface area contributed by atoms with Gasteiger partial charge in [-0.3, -0.25) is 4.79 Å². The summed E-state index contributed by atoms with van der Waals surface area (Å²) < 4.78 is 53.6. The van der Waals surface area contributed by atoms with E-state index in [2.05, 4.69) is 10.3 Å². The summed E-state index contributed by atoms with van der Waals surface area (Å²) in [4.78, 5) is 17.6. The fourth-order valence-corrected chi connectivity index (χ4v) is 3.47. The van der Waals surface area contributed by atoms with Crippen LogP contribution < -0.4 is 10.2 Å². The third kappa shape index (κ3) is 4.45. The summed E-state index contributed by atoms with van der Waals surface area (Å²) in [6.07, 6.45) is -2.08. The fourth-order valence-electron chi connectivity index (χ4n) is 3.47. The van der Waals surface area contributed by atoms with E-state index in [1.807, 2.05) is 0 Å². The average molecular weight is 398 g/mol. The molecule has 1 N–H and O–H groups in total. The number of benzene rings is 1. The third-order valence-corrected chi connectivity index (χ3v) is 4.95. The van der Waals surface area contributed by atoms with Crippen LogP contribution in [0.5, 0.6) is 0 Å². The largest absolute Gasteiger partial charge is 0.449 e. The molecule has 1 aliphatic rings. The van der Waals surface area contributed by atoms with Gasteiger partial charge >= 0.3 is 6.18 Å². The maximum absolute atomic E-state index is 13.7. The van der Waals surface area contributed by atoms with Gasteiger partial charge in [-0.2, -0.15) is 13.2 Å². The molecule has 0 saturated carbocycles. The standard InChI is InChI=1S/C19H22F4N4O/c1-26(16-6-3-2-5-15(16)20)9-4-8-24-17(28)13-7-10-27-14(11-13)12-25-18(27)19(21,22)23/h2-3,5-6,12-13H,4,7-11H2,1H3,(H,24,28)/t13-/m1/s1. The molecule has 1 amide bonds. The Morgan fingerprint density at radius 1 is 1.36 bits per heavy atom. The summed E-state index contributed by atoms with van der Waals surface area (Å²) in [5.41, 5.74) is 0.924. The van der Waals surface area contributed by atoms with Crippen LogP contribution in [-0.4, -0.2) is 35.6 Å². The van der Waals surface area contributed by atoms with Crippen LogP contribution in [0, 0.1) is 11.7 Å². The van der Waals surface area contributed by atoms with Gasteiger partial charge in [-0.05, 0) is 25.0 Å². The number of fused-ring (bicyclic) bond motifs is 1. The molecule has 0 saturated heterocycles. The Bertz CT molecular complexity index is 834. The van der Waals surface area contributed by atoms with Gasteiger partial charge in [0.15, 0.2) is 0 Å². The van der Waals surface area contributed by atoms with Gasteiger partial charge in [0.25, 0.3) is 0 Å². The Morgan fingerprint density at radius 3 is 2.82 bits per heavy atom. The molecular formula is C19H22F4N4O. The lowest BCUT2D eigenvalue weighted by Crippen LogP contribution is -2.37. The first-order valence-electron chi connectivity index (χ1n) is 9.12. The molecule has 0 aliphatic carbocycles. The van der Waals surface area contributed by atoms with Crippen LogP contribution in [-0.2, 0) is 23.9 Å². The van der Waals surface area contributed by atoms with Crippen LogP contribution in [0.15, 0.2) is 30.5 Å². The van der Waals surface area contributed by atoms with Crippen LogP contribution in [0.4, 0.5) is 23.2 Å². The molecule has 9 heteroatoms. The first-order chi connectivity index (χ1) is 13.3. The van der Waals surface area contributed by atoms with E-state index < -0.39 is 12.0 Å². The van der Waals surface area contributed by atoms with Crippen LogP contribution in [0.3, 0.4) is 0 Å². The number of hydrogen-bond donors (Lipinski definition) is 1. The summed E-state index contributed by atoms with van der Waals surface area (Å²) in [5.74, 6) is -1.74. The van der Waals surface area contributed by atoms with Crippen molar-refractivity contribution >= 4 is 11.6 Å². The summed E-state index contributed by atoms with van der Waals surface area (Å²) >= 11 is 0. The lowest BCUT2D eigenvalue weighted by Gasteiger charge is -2.25. The van der Waals surface area contributed by atoms with E-state index in [4.69, 9.17) is 0 Å². The molecule has 5 nitrogen and oxygen atoms in total. The first kappa shape index (κ1) is 20.2. The molecule has 0 spiro atoms. The minimum absolute atomic E-state index is 0.123. The van der Waals surface area contributed by atoms with E-state index in [-0.39, 0.29) is 30.6 Å². The monoisotopic (exact) mass is 398 g/mol. The number of aromatic nitrogens is 2. The molecule has 2 aromatic rings. The Hall–Kier alpha value is -2.58. The molecule has 152 valence electrons. The SMILES string of the molecule is CN(CCCNC(=O)[C@@H]1CCn2c(cnc2C(F)(F)F)C1)c1ccccc1F. The zero-order valence-electron chi connectivity index (χ0n) is 15.5. The Balaban J connectivity index is 1.46. The number of hydrogen-bond acceptors (Lipinski definition) is 3. The van der Waals surface area contributed by atoms with Gasteiger partial charge in [-0.25, -0.2) is 9.37 Å². The van der Waals surface area contributed by atoms with E-state index in [1.54, 1.807) is 30.1 Å². The molecule has 1 aromatic carbocycles. The van der Waals surface area contributed by atoms with Gasteiger partial charge in [0.05, 0.1) is 5.69 Å². The highest BCUT2D eigenvalue weighted by Crippen LogP contribution is 2.32. The number of amides is 1. The molecule has 1 atom stereocenters. The molecule has 1 aromatic heterocycles. The number of rotatable bonds is 6. The second kappa shape index (κ2) is 8.20. The normalized spacial score (nSPS) is 16.5. The fraction of sp³-hybridized carbons (Fsp3) is 0.474. The van der Waals surface area contributed by atoms with Crippen LogP contribution in [0.2, 0.25) is 0 Å². The van der Waals surface area contributed by atoms with Gasteiger partial charge in [-0.15, -0.1) is 0 Å². The van der Waals surface area contributed by atoms with E-state index >= 15 is 0 Å². The second-order valence-electron chi connectivity index (χ2n) is 6.93. The van der Waals surface area contributed by atoms with E-state index in [0.717, 1.165) is 4.57 Å². The Labute approximate surface area is 160 Å². The predicted octanol–water partition coefficient (Wildman–Crippen LogP) is 3.25. The van der Waals surface area contributed by atoms with E-state index in [1.165, 1.54) is 12.3 Å². The smallest absolute Gasteiger partial charge is 0.372 e. The third-order valence-electron chi connectivity index (χ3n) is 4.95. The highest BCUT2D eigenvalue weighted by atomic mass is 19.4. The lowest BCUT2D eigenvalue weighted by atomic mass is 9.95. The first-order valence-corrected chi connectivity index (χ1v) is 9.12. The van der Waals surface area contributed by atoms with Crippen molar-refractivity contribution in [2.45, 2.75) is 32.0 Å². The Morgan fingerprint density at radius 2 is 2.11 bits per heavy atom. The number of halogens is 4. The van der Waals surface area contributed by atoms with Crippen molar-refractivity contribution in [1.82, 2.24) is 14.9 Å². The molecule has 0 bridgehead atoms. The maximum atomic E-state index is 13.7. The van der Waals surface area contributed by atoms with Gasteiger partial charge in [0, 0.05) is 50.9 Å². The highest BCUT2D eigenvalue weighted by molar-refractivity contribution is 5.79. The van der Waals surface area contributed by atoms with E-state index in [9.17, 15) is 22.4 Å². The van der Waals surface area contributed by atoms with Gasteiger partial charge in [0.2, 0.25) is 11.7 Å². The van der Waals surface area contributed by atoms with Crippen molar-refractivity contribution < 1.29 is 22.4 Å². The molecule has 2 heterocycles. The van der Waals surface area contributed by atoms with Crippen molar-refractivity contribution in [1.29, 1.82) is 0 Å².